The number of aromatic nitrogens is 3. The van der Waals surface area contributed by atoms with Gasteiger partial charge in [-0.3, -0.25) is 9.48 Å². The lowest BCUT2D eigenvalue weighted by molar-refractivity contribution is 0.102. The number of aryl methyl sites for hydroxylation is 2. The van der Waals surface area contributed by atoms with Gasteiger partial charge in [0.2, 0.25) is 5.88 Å². The highest BCUT2D eigenvalue weighted by molar-refractivity contribution is 6.05. The van der Waals surface area contributed by atoms with Gasteiger partial charge in [0.15, 0.2) is 5.82 Å². The molecule has 6 heteroatoms. The standard InChI is InChI=1S/C20H22N4O2/c1-2-11-26-20-16-9-4-3-7-14(16)12-17(21-20)19(25)22-18-13-15-8-5-6-10-24(15)23-18/h3-4,7,9,12-13H,2,5-6,8,10-11H2,1H3,(H,22,23,25). The van der Waals surface area contributed by atoms with E-state index in [0.29, 0.717) is 24.0 Å². The number of anilines is 1. The average Bonchev–Trinajstić information content (AvgIpc) is 3.08. The first-order chi connectivity index (χ1) is 12.7. The minimum Gasteiger partial charge on any atom is -0.477 e. The molecule has 0 saturated heterocycles. The smallest absolute Gasteiger partial charge is 0.275 e. The molecule has 1 aliphatic rings. The van der Waals surface area contributed by atoms with E-state index in [2.05, 4.69) is 15.4 Å². The van der Waals surface area contributed by atoms with Crippen molar-refractivity contribution in [3.63, 3.8) is 0 Å². The van der Waals surface area contributed by atoms with Crippen LogP contribution in [0.4, 0.5) is 5.82 Å². The summed E-state index contributed by atoms with van der Waals surface area (Å²) in [4.78, 5) is 17.2. The Morgan fingerprint density at radius 2 is 2.15 bits per heavy atom. The van der Waals surface area contributed by atoms with Crippen molar-refractivity contribution < 1.29 is 9.53 Å². The lowest BCUT2D eigenvalue weighted by Crippen LogP contribution is -2.15. The average molecular weight is 350 g/mol. The van der Waals surface area contributed by atoms with Crippen molar-refractivity contribution in [2.24, 2.45) is 0 Å². The molecule has 0 saturated carbocycles. The molecule has 0 radical (unpaired) electrons. The van der Waals surface area contributed by atoms with E-state index in [1.807, 2.05) is 41.9 Å². The fourth-order valence-electron chi connectivity index (χ4n) is 3.25. The lowest BCUT2D eigenvalue weighted by atomic mass is 10.1. The van der Waals surface area contributed by atoms with Crippen LogP contribution in [0.1, 0.15) is 42.4 Å². The number of hydrogen-bond donors (Lipinski definition) is 1. The number of ether oxygens (including phenoxy) is 1. The molecule has 26 heavy (non-hydrogen) atoms. The Labute approximate surface area is 152 Å². The van der Waals surface area contributed by atoms with E-state index in [4.69, 9.17) is 4.74 Å². The van der Waals surface area contributed by atoms with Gasteiger partial charge in [-0.25, -0.2) is 4.98 Å². The molecule has 0 bridgehead atoms. The molecule has 3 heterocycles. The van der Waals surface area contributed by atoms with Crippen molar-refractivity contribution >= 4 is 22.5 Å². The molecule has 1 N–H and O–H groups in total. The van der Waals surface area contributed by atoms with Crippen LogP contribution in [-0.2, 0) is 13.0 Å². The minimum absolute atomic E-state index is 0.271. The zero-order chi connectivity index (χ0) is 17.9. The zero-order valence-electron chi connectivity index (χ0n) is 14.9. The van der Waals surface area contributed by atoms with Crippen LogP contribution in [0.2, 0.25) is 0 Å². The summed E-state index contributed by atoms with van der Waals surface area (Å²) in [6, 6.07) is 11.5. The van der Waals surface area contributed by atoms with Gasteiger partial charge < -0.3 is 10.1 Å². The molecule has 0 fully saturated rings. The van der Waals surface area contributed by atoms with Crippen molar-refractivity contribution in [3.05, 3.63) is 47.8 Å². The number of amides is 1. The van der Waals surface area contributed by atoms with Gasteiger partial charge in [0.25, 0.3) is 5.91 Å². The Bertz CT molecular complexity index is 925. The molecule has 1 aliphatic heterocycles. The van der Waals surface area contributed by atoms with Gasteiger partial charge in [0.05, 0.1) is 6.61 Å². The Balaban J connectivity index is 1.62. The summed E-state index contributed by atoms with van der Waals surface area (Å²) < 4.78 is 7.74. The first kappa shape index (κ1) is 16.6. The van der Waals surface area contributed by atoms with Crippen LogP contribution in [0.5, 0.6) is 5.88 Å². The molecular weight excluding hydrogens is 328 g/mol. The SMILES string of the molecule is CCCOc1nc(C(=O)Nc2cc3n(n2)CCCC3)cc2ccccc12. The molecule has 1 amide bonds. The van der Waals surface area contributed by atoms with Gasteiger partial charge in [-0.2, -0.15) is 5.10 Å². The number of hydrogen-bond acceptors (Lipinski definition) is 4. The number of carbonyl (C=O) groups is 1. The topological polar surface area (TPSA) is 69.0 Å². The molecule has 6 nitrogen and oxygen atoms in total. The van der Waals surface area contributed by atoms with E-state index in [-0.39, 0.29) is 5.91 Å². The van der Waals surface area contributed by atoms with Crippen LogP contribution >= 0.6 is 0 Å². The Morgan fingerprint density at radius 1 is 1.27 bits per heavy atom. The highest BCUT2D eigenvalue weighted by atomic mass is 16.5. The molecule has 0 spiro atoms. The number of rotatable bonds is 5. The third kappa shape index (κ3) is 3.27. The van der Waals surface area contributed by atoms with Crippen molar-refractivity contribution in [1.29, 1.82) is 0 Å². The van der Waals surface area contributed by atoms with Gasteiger partial charge >= 0.3 is 0 Å². The van der Waals surface area contributed by atoms with E-state index < -0.39 is 0 Å². The number of carbonyl (C=O) groups excluding carboxylic acids is 1. The van der Waals surface area contributed by atoms with E-state index in [9.17, 15) is 4.79 Å². The van der Waals surface area contributed by atoms with Crippen molar-refractivity contribution in [2.45, 2.75) is 39.2 Å². The van der Waals surface area contributed by atoms with Crippen LogP contribution in [0.15, 0.2) is 36.4 Å². The van der Waals surface area contributed by atoms with Gasteiger partial charge in [0, 0.05) is 23.7 Å². The lowest BCUT2D eigenvalue weighted by Gasteiger charge is -2.11. The number of fused-ring (bicyclic) bond motifs is 2. The van der Waals surface area contributed by atoms with E-state index in [1.54, 1.807) is 6.07 Å². The van der Waals surface area contributed by atoms with Crippen LogP contribution in [0.25, 0.3) is 10.8 Å². The highest BCUT2D eigenvalue weighted by Gasteiger charge is 2.17. The fourth-order valence-corrected chi connectivity index (χ4v) is 3.25. The largest absolute Gasteiger partial charge is 0.477 e. The summed E-state index contributed by atoms with van der Waals surface area (Å²) in [5.74, 6) is 0.810. The molecule has 2 aromatic heterocycles. The predicted molar refractivity (Wildman–Crippen MR) is 101 cm³/mol. The van der Waals surface area contributed by atoms with Crippen molar-refractivity contribution in [3.8, 4) is 5.88 Å². The summed E-state index contributed by atoms with van der Waals surface area (Å²) in [6.07, 6.45) is 4.19. The normalized spacial score (nSPS) is 13.4. The van der Waals surface area contributed by atoms with Crippen molar-refractivity contribution in [2.75, 3.05) is 11.9 Å². The Morgan fingerprint density at radius 3 is 3.00 bits per heavy atom. The van der Waals surface area contributed by atoms with Gasteiger partial charge in [0.1, 0.15) is 5.69 Å². The third-order valence-corrected chi connectivity index (χ3v) is 4.54. The summed E-state index contributed by atoms with van der Waals surface area (Å²) in [6.45, 7) is 3.52. The highest BCUT2D eigenvalue weighted by Crippen LogP contribution is 2.25. The van der Waals surface area contributed by atoms with Gasteiger partial charge in [-0.05, 0) is 43.2 Å². The quantitative estimate of drug-likeness (QED) is 0.760. The van der Waals surface area contributed by atoms with E-state index in [0.717, 1.165) is 36.6 Å². The second-order valence-electron chi connectivity index (χ2n) is 6.54. The second-order valence-corrected chi connectivity index (χ2v) is 6.54. The molecule has 1 aromatic carbocycles. The molecular formula is C20H22N4O2. The first-order valence-corrected chi connectivity index (χ1v) is 9.15. The molecule has 0 aliphatic carbocycles. The molecule has 134 valence electrons. The van der Waals surface area contributed by atoms with E-state index in [1.165, 1.54) is 12.1 Å². The first-order valence-electron chi connectivity index (χ1n) is 9.15. The Hall–Kier alpha value is -2.89. The summed E-state index contributed by atoms with van der Waals surface area (Å²) >= 11 is 0. The summed E-state index contributed by atoms with van der Waals surface area (Å²) in [7, 11) is 0. The Kier molecular flexibility index (Phi) is 4.56. The predicted octanol–water partition coefficient (Wildman–Crippen LogP) is 3.81. The summed E-state index contributed by atoms with van der Waals surface area (Å²) in [5, 5.41) is 9.20. The monoisotopic (exact) mass is 350 g/mol. The van der Waals surface area contributed by atoms with Crippen LogP contribution in [0.3, 0.4) is 0 Å². The van der Waals surface area contributed by atoms with Crippen molar-refractivity contribution in [1.82, 2.24) is 14.8 Å². The van der Waals surface area contributed by atoms with Crippen LogP contribution in [-0.4, -0.2) is 27.3 Å². The molecule has 3 aromatic rings. The summed E-state index contributed by atoms with van der Waals surface area (Å²) in [5.41, 5.74) is 1.51. The maximum absolute atomic E-state index is 12.7. The van der Waals surface area contributed by atoms with Gasteiger partial charge in [-0.15, -0.1) is 0 Å². The minimum atomic E-state index is -0.271. The second kappa shape index (κ2) is 7.15. The maximum Gasteiger partial charge on any atom is 0.275 e. The van der Waals surface area contributed by atoms with Crippen LogP contribution < -0.4 is 10.1 Å². The maximum atomic E-state index is 12.7. The number of pyridine rings is 1. The molecule has 0 atom stereocenters. The molecule has 4 rings (SSSR count). The molecule has 0 unspecified atom stereocenters. The fraction of sp³-hybridized carbons (Fsp3) is 0.350. The van der Waals surface area contributed by atoms with E-state index >= 15 is 0 Å². The number of nitrogens with one attached hydrogen (secondary N) is 1. The van der Waals surface area contributed by atoms with Gasteiger partial charge in [-0.1, -0.05) is 25.1 Å². The number of nitrogens with zero attached hydrogens (tertiary/aromatic N) is 3. The van der Waals surface area contributed by atoms with Crippen LogP contribution in [0, 0.1) is 0 Å². The third-order valence-electron chi connectivity index (χ3n) is 4.54. The zero-order valence-corrected chi connectivity index (χ0v) is 14.9. The number of benzene rings is 1.